The van der Waals surface area contributed by atoms with Crippen LogP contribution in [0, 0.1) is 11.6 Å². The molecule has 0 radical (unpaired) electrons. The van der Waals surface area contributed by atoms with Gasteiger partial charge in [0.1, 0.15) is 16.5 Å². The Morgan fingerprint density at radius 1 is 0.457 bits per heavy atom. The van der Waals surface area contributed by atoms with Crippen molar-refractivity contribution in [3.63, 3.8) is 0 Å². The zero-order chi connectivity index (χ0) is 37.7. The molecule has 0 bridgehead atoms. The second-order valence-corrected chi connectivity index (χ2v) is 11.7. The van der Waals surface area contributed by atoms with Crippen molar-refractivity contribution in [3.8, 4) is 0 Å². The van der Waals surface area contributed by atoms with Gasteiger partial charge in [0.25, 0.3) is 9.84 Å². The Morgan fingerprint density at radius 2 is 0.739 bits per heavy atom. The average Bonchev–Trinajstić information content (AvgIpc) is 2.80. The van der Waals surface area contributed by atoms with Crippen molar-refractivity contribution in [1.82, 2.24) is 0 Å². The lowest BCUT2D eigenvalue weighted by molar-refractivity contribution is -0.462. The van der Waals surface area contributed by atoms with Crippen molar-refractivity contribution in [2.45, 2.75) is 63.0 Å². The minimum absolute atomic E-state index is 1.93. The number of sulfone groups is 1. The number of hydrogen-bond donors (Lipinski definition) is 1. The van der Waals surface area contributed by atoms with Crippen molar-refractivity contribution < 1.29 is 122 Å². The van der Waals surface area contributed by atoms with Crippen molar-refractivity contribution in [3.05, 3.63) is 29.3 Å². The summed E-state index contributed by atoms with van der Waals surface area (Å²) in [5, 5.41) is -14.8. The second-order valence-electron chi connectivity index (χ2n) is 8.30. The number of hydrogen-bond acceptors (Lipinski definition) is 4. The van der Waals surface area contributed by atoms with Crippen LogP contribution in [-0.2, 0) is 25.9 Å². The molecule has 0 amide bonds. The smallest absolute Gasteiger partial charge is 0.281 e. The van der Waals surface area contributed by atoms with Crippen molar-refractivity contribution in [1.29, 1.82) is 0 Å². The molecule has 0 heterocycles. The van der Waals surface area contributed by atoms with E-state index >= 15 is 0 Å². The lowest BCUT2D eigenvalue weighted by Gasteiger charge is -2.42. The molecule has 0 saturated heterocycles. The first kappa shape index (κ1) is 41.5. The van der Waals surface area contributed by atoms with Crippen LogP contribution in [0.3, 0.4) is 0 Å². The maximum absolute atomic E-state index is 14.2. The van der Waals surface area contributed by atoms with Crippen LogP contribution in [0.4, 0.5) is 101 Å². The molecule has 270 valence electrons. The van der Waals surface area contributed by atoms with Crippen LogP contribution < -0.4 is 0 Å². The molecule has 1 N–H and O–H groups in total. The Kier molecular flexibility index (Phi) is 9.46. The summed E-state index contributed by atoms with van der Waals surface area (Å²) in [7, 11) is -15.7. The van der Waals surface area contributed by atoms with Crippen LogP contribution >= 0.6 is 0 Å². The van der Waals surface area contributed by atoms with Crippen molar-refractivity contribution in [2.24, 2.45) is 0 Å². The highest BCUT2D eigenvalue weighted by Gasteiger charge is 2.95. The lowest BCUT2D eigenvalue weighted by atomic mass is 9.87. The van der Waals surface area contributed by atoms with Gasteiger partial charge in [0.15, 0.2) is 0 Å². The molecule has 1 aromatic carbocycles. The van der Waals surface area contributed by atoms with Crippen LogP contribution in [0.5, 0.6) is 0 Å². The number of rotatable bonds is 11. The van der Waals surface area contributed by atoms with Gasteiger partial charge in [-0.2, -0.15) is 101 Å². The third-order valence-electron chi connectivity index (χ3n) is 5.35. The summed E-state index contributed by atoms with van der Waals surface area (Å²) in [6, 6.07) is -3.85. The van der Waals surface area contributed by atoms with Gasteiger partial charge < -0.3 is 0 Å². The maximum Gasteiger partial charge on any atom is 0.460 e. The van der Waals surface area contributed by atoms with E-state index in [0.717, 1.165) is 0 Å². The van der Waals surface area contributed by atoms with Gasteiger partial charge in [-0.1, -0.05) is 0 Å². The molecule has 0 aliphatic rings. The van der Waals surface area contributed by atoms with Crippen molar-refractivity contribution >= 4 is 20.0 Å². The van der Waals surface area contributed by atoms with Gasteiger partial charge in [0.05, 0.1) is 0 Å². The Hall–Kier alpha value is -2.53. The monoisotopic (exact) mass is 776 g/mol. The van der Waals surface area contributed by atoms with Crippen LogP contribution in [0.2, 0.25) is 0 Å². The van der Waals surface area contributed by atoms with Gasteiger partial charge in [-0.25, -0.2) is 17.2 Å². The molecule has 0 fully saturated rings. The second kappa shape index (κ2) is 10.5. The molecular formula is C16H3F23O5S2. The summed E-state index contributed by atoms with van der Waals surface area (Å²) >= 11 is 0. The minimum Gasteiger partial charge on any atom is -0.281 e. The summed E-state index contributed by atoms with van der Waals surface area (Å²) in [6.45, 7) is 0. The normalized spacial score (nSPS) is 16.2. The zero-order valence-corrected chi connectivity index (χ0v) is 21.4. The number of alkyl halides is 21. The Labute approximate surface area is 235 Å². The predicted octanol–water partition coefficient (Wildman–Crippen LogP) is 7.28. The third kappa shape index (κ3) is 5.09. The SMILES string of the molecule is O=S(=O)(O)C(F)(F)C(F)(F)S(=O)(=O)c1c(F)cc(C(F)(F)C(F)(F)C(F)(F)C(F)(F)C(F)(F)C(F)(F)C(F)(F)C(F)(F)F)cc1F. The summed E-state index contributed by atoms with van der Waals surface area (Å²) in [6.07, 6.45) is -8.07. The van der Waals surface area contributed by atoms with Crippen molar-refractivity contribution in [2.75, 3.05) is 0 Å². The molecule has 0 aliphatic heterocycles. The highest BCUT2D eigenvalue weighted by atomic mass is 32.2. The Bertz CT molecular complexity index is 1550. The van der Waals surface area contributed by atoms with Gasteiger partial charge >= 0.3 is 68.3 Å². The lowest BCUT2D eigenvalue weighted by Crippen LogP contribution is -2.74. The number of halogens is 23. The van der Waals surface area contributed by atoms with Crippen LogP contribution in [0.25, 0.3) is 0 Å². The highest BCUT2D eigenvalue weighted by Crippen LogP contribution is 2.65. The van der Waals surface area contributed by atoms with Gasteiger partial charge in [-0.15, -0.1) is 0 Å². The van der Waals surface area contributed by atoms with E-state index in [9.17, 15) is 118 Å². The topological polar surface area (TPSA) is 88.5 Å². The van der Waals surface area contributed by atoms with E-state index in [1.807, 2.05) is 0 Å². The quantitative estimate of drug-likeness (QED) is 0.189. The largest absolute Gasteiger partial charge is 0.460 e. The minimum atomic E-state index is -9.16. The molecule has 46 heavy (non-hydrogen) atoms. The molecular weight excluding hydrogens is 773 g/mol. The van der Waals surface area contributed by atoms with E-state index in [4.69, 9.17) is 4.55 Å². The predicted molar refractivity (Wildman–Crippen MR) is 94.6 cm³/mol. The van der Waals surface area contributed by atoms with Crippen LogP contribution in [0.15, 0.2) is 17.0 Å². The van der Waals surface area contributed by atoms with E-state index < -0.39 is 112 Å². The molecule has 0 spiro atoms. The summed E-state index contributed by atoms with van der Waals surface area (Å²) in [5.74, 6) is -68.8. The van der Waals surface area contributed by atoms with Gasteiger partial charge in [0.2, 0.25) is 0 Å². The van der Waals surface area contributed by atoms with E-state index in [1.165, 1.54) is 0 Å². The van der Waals surface area contributed by atoms with E-state index in [2.05, 4.69) is 0 Å². The third-order valence-corrected chi connectivity index (χ3v) is 8.24. The van der Waals surface area contributed by atoms with Gasteiger partial charge in [0, 0.05) is 5.56 Å². The maximum atomic E-state index is 14.2. The van der Waals surface area contributed by atoms with Crippen LogP contribution in [0.1, 0.15) is 5.56 Å². The molecule has 0 saturated carbocycles. The fourth-order valence-corrected chi connectivity index (χ4v) is 4.92. The highest BCUT2D eigenvalue weighted by molar-refractivity contribution is 7.94. The summed E-state index contributed by atoms with van der Waals surface area (Å²) in [5.41, 5.74) is -3.80. The molecule has 0 aromatic heterocycles. The summed E-state index contributed by atoms with van der Waals surface area (Å²) in [4.78, 5) is -3.76. The molecule has 30 heteroatoms. The molecule has 5 nitrogen and oxygen atoms in total. The average molecular weight is 776 g/mol. The fourth-order valence-electron chi connectivity index (χ4n) is 2.78. The molecule has 0 aliphatic carbocycles. The van der Waals surface area contributed by atoms with Gasteiger partial charge in [-0.3, -0.25) is 4.55 Å². The van der Waals surface area contributed by atoms with E-state index in [0.29, 0.717) is 0 Å². The molecule has 1 rings (SSSR count). The van der Waals surface area contributed by atoms with E-state index in [1.54, 1.807) is 0 Å². The van der Waals surface area contributed by atoms with Crippen LogP contribution in [-0.4, -0.2) is 73.6 Å². The molecule has 0 unspecified atom stereocenters. The Balaban J connectivity index is 3.99. The van der Waals surface area contributed by atoms with E-state index in [-0.39, 0.29) is 0 Å². The molecule has 0 atom stereocenters. The summed E-state index contributed by atoms with van der Waals surface area (Å²) < 4.78 is 362. The first-order valence-electron chi connectivity index (χ1n) is 9.71. The first-order valence-corrected chi connectivity index (χ1v) is 12.6. The fraction of sp³-hybridized carbons (Fsp3) is 0.625. The molecule has 1 aromatic rings. The zero-order valence-electron chi connectivity index (χ0n) is 19.7. The Morgan fingerprint density at radius 3 is 1.02 bits per heavy atom. The first-order chi connectivity index (χ1) is 19.5. The standard InChI is InChI=1S/C16H3F23O5S2/c17-4-1-3(2-5(18)6(4)45(40,41)15(36,37)16(38,39)46(42,43)44)7(19,20)8(21,22)9(23,24)10(25,26)11(27,28)12(29,30)13(31,32)14(33,34)35/h1-2H,(H,42,43,44). The number of benzene rings is 1. The van der Waals surface area contributed by atoms with Gasteiger partial charge in [-0.05, 0) is 12.1 Å².